The van der Waals surface area contributed by atoms with E-state index < -0.39 is 0 Å². The Bertz CT molecular complexity index is 483. The van der Waals surface area contributed by atoms with Crippen LogP contribution in [0.25, 0.3) is 0 Å². The van der Waals surface area contributed by atoms with Crippen LogP contribution < -0.4 is 5.32 Å². The Kier molecular flexibility index (Phi) is 6.89. The van der Waals surface area contributed by atoms with Gasteiger partial charge in [-0.1, -0.05) is 0 Å². The van der Waals surface area contributed by atoms with Crippen LogP contribution in [0.4, 0.5) is 0 Å². The molecule has 7 nitrogen and oxygen atoms in total. The Morgan fingerprint density at radius 1 is 1.15 bits per heavy atom. The first-order valence-corrected chi connectivity index (χ1v) is 10.2. The van der Waals surface area contributed by atoms with Crippen molar-refractivity contribution in [3.63, 3.8) is 0 Å². The maximum Gasteiger partial charge on any atom is 0.242 e. The number of nitrogens with one attached hydrogen (secondary N) is 1. The van der Waals surface area contributed by atoms with Crippen LogP contribution in [0.2, 0.25) is 0 Å². The lowest BCUT2D eigenvalue weighted by atomic mass is 9.93. The van der Waals surface area contributed by atoms with Crippen LogP contribution in [0.3, 0.4) is 0 Å². The molecule has 2 amide bonds. The molecule has 3 aliphatic rings. The van der Waals surface area contributed by atoms with Crippen LogP contribution in [-0.2, 0) is 14.3 Å². The van der Waals surface area contributed by atoms with E-state index in [4.69, 9.17) is 4.74 Å². The number of rotatable bonds is 5. The number of carbonyl (C=O) groups excluding carboxylic acids is 2. The van der Waals surface area contributed by atoms with E-state index in [2.05, 4.69) is 24.1 Å². The third-order valence-corrected chi connectivity index (χ3v) is 5.83. The van der Waals surface area contributed by atoms with Crippen LogP contribution in [0.1, 0.15) is 33.1 Å². The summed E-state index contributed by atoms with van der Waals surface area (Å²) in [4.78, 5) is 30.5. The second kappa shape index (κ2) is 9.15. The zero-order valence-electron chi connectivity index (χ0n) is 16.3. The number of nitrogens with zero attached hydrogens (tertiary/aromatic N) is 3. The second-order valence-corrected chi connectivity index (χ2v) is 8.12. The first-order valence-electron chi connectivity index (χ1n) is 10.2. The monoisotopic (exact) mass is 366 g/mol. The molecule has 2 atom stereocenters. The number of hydrogen-bond acceptors (Lipinski definition) is 5. The smallest absolute Gasteiger partial charge is 0.242 e. The molecule has 0 radical (unpaired) electrons. The Labute approximate surface area is 157 Å². The van der Waals surface area contributed by atoms with Crippen molar-refractivity contribution < 1.29 is 14.3 Å². The molecule has 0 unspecified atom stereocenters. The van der Waals surface area contributed by atoms with Gasteiger partial charge >= 0.3 is 0 Å². The lowest BCUT2D eigenvalue weighted by Gasteiger charge is -2.37. The third-order valence-electron chi connectivity index (χ3n) is 5.83. The molecule has 3 heterocycles. The van der Waals surface area contributed by atoms with Crippen LogP contribution >= 0.6 is 0 Å². The molecule has 0 aromatic rings. The van der Waals surface area contributed by atoms with E-state index in [9.17, 15) is 9.59 Å². The van der Waals surface area contributed by atoms with Crippen molar-refractivity contribution in [1.82, 2.24) is 20.0 Å². The van der Waals surface area contributed by atoms with Crippen molar-refractivity contribution in [1.29, 1.82) is 0 Å². The molecule has 3 saturated heterocycles. The lowest BCUT2D eigenvalue weighted by molar-refractivity contribution is -0.141. The second-order valence-electron chi connectivity index (χ2n) is 8.12. The van der Waals surface area contributed by atoms with Crippen molar-refractivity contribution >= 4 is 11.8 Å². The molecule has 26 heavy (non-hydrogen) atoms. The number of amides is 2. The van der Waals surface area contributed by atoms with E-state index in [1.807, 2.05) is 4.90 Å². The molecule has 1 N–H and O–H groups in total. The van der Waals surface area contributed by atoms with Gasteiger partial charge < -0.3 is 19.9 Å². The number of morpholine rings is 1. The first-order chi connectivity index (χ1) is 12.5. The van der Waals surface area contributed by atoms with Gasteiger partial charge in [0.1, 0.15) is 0 Å². The summed E-state index contributed by atoms with van der Waals surface area (Å²) < 4.78 is 5.80. The summed E-state index contributed by atoms with van der Waals surface area (Å²) in [5.74, 6) is 0.844. The molecule has 148 valence electrons. The average molecular weight is 367 g/mol. The lowest BCUT2D eigenvalue weighted by Crippen LogP contribution is -2.52. The van der Waals surface area contributed by atoms with Gasteiger partial charge in [-0.3, -0.25) is 14.5 Å². The summed E-state index contributed by atoms with van der Waals surface area (Å²) in [6.07, 6.45) is 4.02. The summed E-state index contributed by atoms with van der Waals surface area (Å²) in [5, 5.41) is 3.04. The van der Waals surface area contributed by atoms with Crippen LogP contribution in [0.15, 0.2) is 0 Å². The fourth-order valence-corrected chi connectivity index (χ4v) is 4.38. The molecule has 0 aromatic heterocycles. The average Bonchev–Trinajstić information content (AvgIpc) is 2.61. The van der Waals surface area contributed by atoms with E-state index in [-0.39, 0.29) is 18.4 Å². The van der Waals surface area contributed by atoms with Gasteiger partial charge in [-0.25, -0.2) is 0 Å². The Morgan fingerprint density at radius 2 is 1.85 bits per heavy atom. The van der Waals surface area contributed by atoms with Crippen molar-refractivity contribution in [2.24, 2.45) is 5.92 Å². The fourth-order valence-electron chi connectivity index (χ4n) is 4.38. The van der Waals surface area contributed by atoms with Gasteiger partial charge in [-0.05, 0) is 45.6 Å². The summed E-state index contributed by atoms with van der Waals surface area (Å²) >= 11 is 0. The number of piperazine rings is 1. The number of likely N-dealkylation sites (tertiary alicyclic amines) is 1. The molecule has 3 rings (SSSR count). The van der Waals surface area contributed by atoms with Crippen molar-refractivity contribution in [2.75, 3.05) is 58.9 Å². The third kappa shape index (κ3) is 5.41. The van der Waals surface area contributed by atoms with Crippen molar-refractivity contribution in [3.8, 4) is 0 Å². The van der Waals surface area contributed by atoms with Gasteiger partial charge in [0.2, 0.25) is 11.8 Å². The largest absolute Gasteiger partial charge is 0.373 e. The maximum absolute atomic E-state index is 12.5. The molecule has 0 spiro atoms. The van der Waals surface area contributed by atoms with E-state index in [0.29, 0.717) is 31.2 Å². The van der Waals surface area contributed by atoms with Gasteiger partial charge in [0, 0.05) is 39.3 Å². The van der Waals surface area contributed by atoms with Crippen molar-refractivity contribution in [3.05, 3.63) is 0 Å². The quantitative estimate of drug-likeness (QED) is 0.751. The minimum Gasteiger partial charge on any atom is -0.373 e. The predicted molar refractivity (Wildman–Crippen MR) is 99.8 cm³/mol. The van der Waals surface area contributed by atoms with Gasteiger partial charge in [0.25, 0.3) is 0 Å². The van der Waals surface area contributed by atoms with Crippen LogP contribution in [-0.4, -0.2) is 97.6 Å². The number of ether oxygens (including phenoxy) is 1. The standard InChI is InChI=1S/C19H34N4O3/c1-15-12-21(13-16(2)26-15)7-3-17-4-8-22(9-5-17)19(25)14-23-10-6-20-11-18(23)24/h15-17,20H,3-14H2,1-2H3/t15-,16-/m1/s1. The normalized spacial score (nSPS) is 29.2. The number of hydrogen-bond donors (Lipinski definition) is 1. The minimum absolute atomic E-state index is 0.0356. The summed E-state index contributed by atoms with van der Waals surface area (Å²) in [6.45, 7) is 11.2. The molecule has 0 aromatic carbocycles. The highest BCUT2D eigenvalue weighted by atomic mass is 16.5. The van der Waals surface area contributed by atoms with Crippen LogP contribution in [0.5, 0.6) is 0 Å². The molecule has 3 aliphatic heterocycles. The molecule has 0 bridgehead atoms. The SMILES string of the molecule is C[C@@H]1CN(CCC2CCN(C(=O)CN3CCNCC3=O)CC2)C[C@@H](C)O1. The maximum atomic E-state index is 12.5. The Morgan fingerprint density at radius 3 is 2.50 bits per heavy atom. The topological polar surface area (TPSA) is 65.1 Å². The molecule has 3 fully saturated rings. The van der Waals surface area contributed by atoms with Crippen LogP contribution in [0, 0.1) is 5.92 Å². The van der Waals surface area contributed by atoms with Gasteiger partial charge in [-0.2, -0.15) is 0 Å². The zero-order valence-corrected chi connectivity index (χ0v) is 16.3. The molecular formula is C19H34N4O3. The predicted octanol–water partition coefficient (Wildman–Crippen LogP) is 0.156. The number of piperidine rings is 1. The molecule has 0 aliphatic carbocycles. The summed E-state index contributed by atoms with van der Waals surface area (Å²) in [5.41, 5.74) is 0. The van der Waals surface area contributed by atoms with E-state index >= 15 is 0 Å². The Balaban J connectivity index is 1.36. The van der Waals surface area contributed by atoms with Crippen molar-refractivity contribution in [2.45, 2.75) is 45.3 Å². The molecular weight excluding hydrogens is 332 g/mol. The first kappa shape index (κ1) is 19.6. The highest BCUT2D eigenvalue weighted by Gasteiger charge is 2.28. The summed E-state index contributed by atoms with van der Waals surface area (Å²) in [7, 11) is 0. The fraction of sp³-hybridized carbons (Fsp3) is 0.895. The molecule has 0 saturated carbocycles. The van der Waals surface area contributed by atoms with Gasteiger partial charge in [0.15, 0.2) is 0 Å². The Hall–Kier alpha value is -1.18. The molecule has 7 heteroatoms. The van der Waals surface area contributed by atoms with E-state index in [1.54, 1.807) is 4.90 Å². The van der Waals surface area contributed by atoms with E-state index in [0.717, 1.165) is 52.1 Å². The van der Waals surface area contributed by atoms with E-state index in [1.165, 1.54) is 6.42 Å². The highest BCUT2D eigenvalue weighted by molar-refractivity contribution is 5.86. The summed E-state index contributed by atoms with van der Waals surface area (Å²) in [6, 6.07) is 0. The van der Waals surface area contributed by atoms with Gasteiger partial charge in [-0.15, -0.1) is 0 Å². The minimum atomic E-state index is 0.0356. The van der Waals surface area contributed by atoms with Gasteiger partial charge in [0.05, 0.1) is 25.3 Å². The highest BCUT2D eigenvalue weighted by Crippen LogP contribution is 2.22. The number of carbonyl (C=O) groups is 2. The zero-order chi connectivity index (χ0) is 18.5.